The summed E-state index contributed by atoms with van der Waals surface area (Å²) in [5.41, 5.74) is 1.43. The molecule has 2 aromatic heterocycles. The van der Waals surface area contributed by atoms with E-state index in [0.29, 0.717) is 24.6 Å². The first-order valence-corrected chi connectivity index (χ1v) is 5.25. The van der Waals surface area contributed by atoms with Gasteiger partial charge in [0.2, 0.25) is 0 Å². The maximum Gasteiger partial charge on any atom is 0.182 e. The Bertz CT molecular complexity index is 472. The number of rotatable bonds is 6. The predicted octanol–water partition coefficient (Wildman–Crippen LogP) is 0.426. The minimum Gasteiger partial charge on any atom is -0.382 e. The highest BCUT2D eigenvalue weighted by atomic mass is 16.5. The van der Waals surface area contributed by atoms with Gasteiger partial charge >= 0.3 is 0 Å². The normalized spacial score (nSPS) is 12.8. The summed E-state index contributed by atoms with van der Waals surface area (Å²) < 4.78 is 10.3. The van der Waals surface area contributed by atoms with E-state index < -0.39 is 0 Å². The van der Waals surface area contributed by atoms with Gasteiger partial charge in [0.05, 0.1) is 19.0 Å². The molecule has 0 fully saturated rings. The zero-order chi connectivity index (χ0) is 12.1. The van der Waals surface area contributed by atoms with Crippen molar-refractivity contribution in [3.8, 4) is 0 Å². The average Bonchev–Trinajstić information content (AvgIpc) is 2.83. The Morgan fingerprint density at radius 3 is 3.00 bits per heavy atom. The third-order valence-electron chi connectivity index (χ3n) is 2.41. The van der Waals surface area contributed by atoms with Gasteiger partial charge in [-0.05, 0) is 0 Å². The van der Waals surface area contributed by atoms with Crippen LogP contribution >= 0.6 is 0 Å². The SMILES string of the molecule is COCC(CNc1ncnc2nc[nH]c12)OC. The summed E-state index contributed by atoms with van der Waals surface area (Å²) in [4.78, 5) is 15.2. The second-order valence-electron chi connectivity index (χ2n) is 3.52. The summed E-state index contributed by atoms with van der Waals surface area (Å²) in [6.45, 7) is 1.14. The number of aromatic amines is 1. The Morgan fingerprint density at radius 2 is 2.24 bits per heavy atom. The van der Waals surface area contributed by atoms with Gasteiger partial charge in [-0.3, -0.25) is 0 Å². The van der Waals surface area contributed by atoms with E-state index in [4.69, 9.17) is 9.47 Å². The molecule has 0 aliphatic rings. The molecule has 0 aromatic carbocycles. The van der Waals surface area contributed by atoms with E-state index >= 15 is 0 Å². The molecular weight excluding hydrogens is 222 g/mol. The number of anilines is 1. The van der Waals surface area contributed by atoms with Gasteiger partial charge < -0.3 is 19.8 Å². The van der Waals surface area contributed by atoms with Crippen LogP contribution in [0.4, 0.5) is 5.82 Å². The standard InChI is InChI=1S/C10H15N5O2/c1-16-4-7(17-2)3-11-9-8-10(13-5-12-8)15-6-14-9/h5-7H,3-4H2,1-2H3,(H2,11,12,13,14,15). The van der Waals surface area contributed by atoms with Crippen molar-refractivity contribution in [3.63, 3.8) is 0 Å². The fourth-order valence-electron chi connectivity index (χ4n) is 1.51. The fourth-order valence-corrected chi connectivity index (χ4v) is 1.51. The highest BCUT2D eigenvalue weighted by molar-refractivity contribution is 5.81. The molecule has 92 valence electrons. The number of hydrogen-bond acceptors (Lipinski definition) is 6. The maximum atomic E-state index is 5.25. The van der Waals surface area contributed by atoms with E-state index in [0.717, 1.165) is 5.52 Å². The lowest BCUT2D eigenvalue weighted by molar-refractivity contribution is 0.0365. The van der Waals surface area contributed by atoms with Gasteiger partial charge in [0.1, 0.15) is 11.8 Å². The molecule has 7 nitrogen and oxygen atoms in total. The van der Waals surface area contributed by atoms with Crippen molar-refractivity contribution in [2.75, 3.05) is 32.7 Å². The summed E-state index contributed by atoms with van der Waals surface area (Å²) in [6.07, 6.45) is 3.05. The number of nitrogens with zero attached hydrogens (tertiary/aromatic N) is 3. The Balaban J connectivity index is 2.05. The molecule has 0 aliphatic carbocycles. The van der Waals surface area contributed by atoms with Crippen molar-refractivity contribution in [2.45, 2.75) is 6.10 Å². The number of H-pyrrole nitrogens is 1. The Morgan fingerprint density at radius 1 is 1.35 bits per heavy atom. The summed E-state index contributed by atoms with van der Waals surface area (Å²) >= 11 is 0. The fraction of sp³-hybridized carbons (Fsp3) is 0.500. The number of ether oxygens (including phenoxy) is 2. The van der Waals surface area contributed by atoms with Crippen molar-refractivity contribution in [2.24, 2.45) is 0 Å². The third-order valence-corrected chi connectivity index (χ3v) is 2.41. The zero-order valence-corrected chi connectivity index (χ0v) is 9.80. The molecule has 7 heteroatoms. The van der Waals surface area contributed by atoms with Gasteiger partial charge in [0, 0.05) is 20.8 Å². The summed E-state index contributed by atoms with van der Waals surface area (Å²) in [6, 6.07) is 0. The molecule has 0 bridgehead atoms. The third kappa shape index (κ3) is 2.69. The number of aromatic nitrogens is 4. The van der Waals surface area contributed by atoms with E-state index in [1.807, 2.05) is 0 Å². The smallest absolute Gasteiger partial charge is 0.182 e. The molecule has 17 heavy (non-hydrogen) atoms. The second kappa shape index (κ2) is 5.55. The van der Waals surface area contributed by atoms with E-state index in [-0.39, 0.29) is 6.10 Å². The van der Waals surface area contributed by atoms with Gasteiger partial charge in [-0.25, -0.2) is 15.0 Å². The molecule has 1 unspecified atom stereocenters. The molecule has 0 spiro atoms. The van der Waals surface area contributed by atoms with Crippen LogP contribution in [0.15, 0.2) is 12.7 Å². The molecule has 2 N–H and O–H groups in total. The van der Waals surface area contributed by atoms with E-state index in [1.165, 1.54) is 6.33 Å². The van der Waals surface area contributed by atoms with Crippen molar-refractivity contribution in [1.29, 1.82) is 0 Å². The molecule has 0 radical (unpaired) electrons. The van der Waals surface area contributed by atoms with Crippen LogP contribution in [0.2, 0.25) is 0 Å². The summed E-state index contributed by atoms with van der Waals surface area (Å²) in [5.74, 6) is 0.714. The Hall–Kier alpha value is -1.73. The maximum absolute atomic E-state index is 5.25. The first kappa shape index (κ1) is 11.7. The number of fused-ring (bicyclic) bond motifs is 1. The molecular formula is C10H15N5O2. The topological polar surface area (TPSA) is 85.0 Å². The molecule has 0 saturated carbocycles. The monoisotopic (exact) mass is 237 g/mol. The van der Waals surface area contributed by atoms with Crippen molar-refractivity contribution in [3.05, 3.63) is 12.7 Å². The molecule has 0 aliphatic heterocycles. The summed E-state index contributed by atoms with van der Waals surface area (Å²) in [5, 5.41) is 3.18. The largest absolute Gasteiger partial charge is 0.382 e. The molecule has 2 heterocycles. The van der Waals surface area contributed by atoms with Gasteiger partial charge in [0.25, 0.3) is 0 Å². The Labute approximate surface area is 98.6 Å². The van der Waals surface area contributed by atoms with E-state index in [1.54, 1.807) is 20.5 Å². The second-order valence-corrected chi connectivity index (χ2v) is 3.52. The van der Waals surface area contributed by atoms with Crippen LogP contribution in [0.1, 0.15) is 0 Å². The molecule has 2 rings (SSSR count). The Kier molecular flexibility index (Phi) is 3.84. The van der Waals surface area contributed by atoms with E-state index in [2.05, 4.69) is 25.3 Å². The van der Waals surface area contributed by atoms with Crippen molar-refractivity contribution >= 4 is 17.0 Å². The van der Waals surface area contributed by atoms with Gasteiger partial charge in [0.15, 0.2) is 11.5 Å². The highest BCUT2D eigenvalue weighted by Gasteiger charge is 2.09. The number of nitrogens with one attached hydrogen (secondary N) is 2. The van der Waals surface area contributed by atoms with Crippen LogP contribution < -0.4 is 5.32 Å². The lowest BCUT2D eigenvalue weighted by Crippen LogP contribution is -2.27. The first-order valence-electron chi connectivity index (χ1n) is 5.25. The number of methoxy groups -OCH3 is 2. The molecule has 0 saturated heterocycles. The molecule has 1 atom stereocenters. The first-order chi connectivity index (χ1) is 8.35. The minimum absolute atomic E-state index is 0.0204. The van der Waals surface area contributed by atoms with Crippen LogP contribution in [0, 0.1) is 0 Å². The number of hydrogen-bond donors (Lipinski definition) is 2. The lowest BCUT2D eigenvalue weighted by Gasteiger charge is -2.15. The average molecular weight is 237 g/mol. The zero-order valence-electron chi connectivity index (χ0n) is 9.80. The van der Waals surface area contributed by atoms with Crippen LogP contribution in [-0.2, 0) is 9.47 Å². The molecule has 2 aromatic rings. The highest BCUT2D eigenvalue weighted by Crippen LogP contribution is 2.14. The quantitative estimate of drug-likeness (QED) is 0.757. The van der Waals surface area contributed by atoms with Crippen LogP contribution in [-0.4, -0.2) is 53.4 Å². The van der Waals surface area contributed by atoms with Crippen LogP contribution in [0.5, 0.6) is 0 Å². The van der Waals surface area contributed by atoms with Gasteiger partial charge in [-0.1, -0.05) is 0 Å². The number of imidazole rings is 1. The van der Waals surface area contributed by atoms with Crippen molar-refractivity contribution in [1.82, 2.24) is 19.9 Å². The molecule has 0 amide bonds. The van der Waals surface area contributed by atoms with Gasteiger partial charge in [-0.15, -0.1) is 0 Å². The van der Waals surface area contributed by atoms with Crippen molar-refractivity contribution < 1.29 is 9.47 Å². The predicted molar refractivity (Wildman–Crippen MR) is 62.8 cm³/mol. The van der Waals surface area contributed by atoms with E-state index in [9.17, 15) is 0 Å². The minimum atomic E-state index is -0.0204. The lowest BCUT2D eigenvalue weighted by atomic mass is 10.3. The summed E-state index contributed by atoms with van der Waals surface area (Å²) in [7, 11) is 3.29. The van der Waals surface area contributed by atoms with Crippen LogP contribution in [0.3, 0.4) is 0 Å². The van der Waals surface area contributed by atoms with Gasteiger partial charge in [-0.2, -0.15) is 0 Å². The van der Waals surface area contributed by atoms with Crippen LogP contribution in [0.25, 0.3) is 11.2 Å².